The van der Waals surface area contributed by atoms with Gasteiger partial charge in [-0.3, -0.25) is 0 Å². The normalized spacial score (nSPS) is 14.7. The molecule has 13 aromatic carbocycles. The van der Waals surface area contributed by atoms with Gasteiger partial charge in [-0.25, -0.2) is 0 Å². The maximum Gasteiger partial charge on any atom is 0.0726 e. The van der Waals surface area contributed by atoms with Crippen molar-refractivity contribution in [3.05, 3.63) is 281 Å². The van der Waals surface area contributed by atoms with Crippen LogP contribution < -0.4 is 0 Å². The van der Waals surface area contributed by atoms with Gasteiger partial charge in [-0.15, -0.1) is 0 Å². The van der Waals surface area contributed by atoms with Gasteiger partial charge in [0.15, 0.2) is 0 Å². The fourth-order valence-electron chi connectivity index (χ4n) is 15.4. The number of hydrogen-bond donors (Lipinski definition) is 0. The van der Waals surface area contributed by atoms with Crippen LogP contribution in [0.25, 0.3) is 115 Å². The number of rotatable bonds is 1. The monoisotopic (exact) mass is 893 g/mol. The molecule has 1 nitrogen and oxygen atoms in total. The first kappa shape index (κ1) is 36.9. The first-order chi connectivity index (χ1) is 35.3. The van der Waals surface area contributed by atoms with E-state index in [0.29, 0.717) is 0 Å². The minimum atomic E-state index is -0.548. The summed E-state index contributed by atoms with van der Waals surface area (Å²) in [5.41, 5.74) is 24.3. The second kappa shape index (κ2) is 12.6. The van der Waals surface area contributed by atoms with Crippen LogP contribution in [0.3, 0.4) is 0 Å². The van der Waals surface area contributed by atoms with Crippen LogP contribution in [0.1, 0.15) is 44.5 Å². The van der Waals surface area contributed by atoms with Gasteiger partial charge in [0.05, 0.1) is 21.9 Å². The Kier molecular flexibility index (Phi) is 6.55. The number of fused-ring (bicyclic) bond motifs is 27. The molecule has 1 heteroatoms. The zero-order valence-corrected chi connectivity index (χ0v) is 38.5. The standard InChI is InChI=1S/C70H39N/c1-8-28-55-41(17-1)42-18-2-9-29-56(42)69(55)59-32-12-5-23-49(59)67-51-26-15-24-48-54-39-62-68(52-27-16-25-47(66(52)54)53(65(48)51)38-61(67)69)50-36-35-40(71-63-33-13-6-21-45(63)46-22-7-14-34-64(46)71)37-60(50)70(62)57-30-10-3-19-43(57)44-20-4-11-31-58(44)70/h1-39H. The van der Waals surface area contributed by atoms with Crippen molar-refractivity contribution in [2.24, 2.45) is 0 Å². The molecule has 0 atom stereocenters. The Morgan fingerprint density at radius 1 is 0.225 bits per heavy atom. The molecule has 0 saturated carbocycles. The summed E-state index contributed by atoms with van der Waals surface area (Å²) in [5, 5.41) is 13.2. The van der Waals surface area contributed by atoms with Crippen molar-refractivity contribution in [1.29, 1.82) is 0 Å². The van der Waals surface area contributed by atoms with E-state index in [1.54, 1.807) is 0 Å². The minimum absolute atomic E-state index is 0.436. The van der Waals surface area contributed by atoms with Crippen LogP contribution >= 0.6 is 0 Å². The molecule has 1 heterocycles. The Morgan fingerprint density at radius 2 is 0.577 bits per heavy atom. The van der Waals surface area contributed by atoms with Gasteiger partial charge in [0.1, 0.15) is 0 Å². The second-order valence-corrected chi connectivity index (χ2v) is 20.5. The lowest BCUT2D eigenvalue weighted by molar-refractivity contribution is 0.794. The van der Waals surface area contributed by atoms with E-state index in [4.69, 9.17) is 0 Å². The summed E-state index contributed by atoms with van der Waals surface area (Å²) in [6.45, 7) is 0. The third kappa shape index (κ3) is 4.04. The van der Waals surface area contributed by atoms with Gasteiger partial charge in [-0.05, 0) is 169 Å². The SMILES string of the molecule is c1ccc2c(c1)-c1ccccc1C21c2ccccc2-c2c1cc1c3cccc4c5c(cc(c6cccc2c61)c43)C1(c2ccccc2-c2ccccc21)c1cc(-n2c3ccccc3c3ccccc32)ccc1-5. The maximum atomic E-state index is 2.64. The Morgan fingerprint density at radius 3 is 1.06 bits per heavy atom. The molecule has 71 heavy (non-hydrogen) atoms. The molecule has 0 aliphatic heterocycles. The van der Waals surface area contributed by atoms with Crippen molar-refractivity contribution in [3.8, 4) is 50.2 Å². The zero-order chi connectivity index (χ0) is 45.9. The van der Waals surface area contributed by atoms with Gasteiger partial charge in [-0.1, -0.05) is 200 Å². The third-order valence-corrected chi connectivity index (χ3v) is 17.7. The Labute approximate surface area is 409 Å². The number of nitrogens with zero attached hydrogens (tertiary/aromatic N) is 1. The van der Waals surface area contributed by atoms with E-state index < -0.39 is 10.8 Å². The van der Waals surface area contributed by atoms with Gasteiger partial charge < -0.3 is 4.57 Å². The molecule has 0 unspecified atom stereocenters. The first-order valence-electron chi connectivity index (χ1n) is 25.1. The predicted octanol–water partition coefficient (Wildman–Crippen LogP) is 17.5. The number of hydrogen-bond acceptors (Lipinski definition) is 0. The van der Waals surface area contributed by atoms with Crippen LogP contribution in [0.15, 0.2) is 237 Å². The second-order valence-electron chi connectivity index (χ2n) is 20.5. The molecule has 2 spiro atoms. The quantitative estimate of drug-likeness (QED) is 0.114. The molecule has 0 fully saturated rings. The highest BCUT2D eigenvalue weighted by Gasteiger charge is 2.54. The van der Waals surface area contributed by atoms with E-state index in [-0.39, 0.29) is 0 Å². The van der Waals surface area contributed by atoms with Gasteiger partial charge in [0.2, 0.25) is 0 Å². The van der Waals surface area contributed by atoms with Crippen molar-refractivity contribution in [2.45, 2.75) is 10.8 Å². The third-order valence-electron chi connectivity index (χ3n) is 17.7. The van der Waals surface area contributed by atoms with E-state index >= 15 is 0 Å². The molecule has 0 bridgehead atoms. The van der Waals surface area contributed by atoms with E-state index in [9.17, 15) is 0 Å². The maximum absolute atomic E-state index is 2.64. The van der Waals surface area contributed by atoms with Crippen molar-refractivity contribution >= 4 is 64.9 Å². The molecule has 0 radical (unpaired) electrons. The van der Waals surface area contributed by atoms with E-state index in [1.807, 2.05) is 0 Å². The molecule has 0 N–H and O–H groups in total. The molecule has 0 saturated heterocycles. The van der Waals surface area contributed by atoms with Crippen LogP contribution in [0.5, 0.6) is 0 Å². The zero-order valence-electron chi connectivity index (χ0n) is 38.5. The Balaban J connectivity index is 1.00. The minimum Gasteiger partial charge on any atom is -0.309 e. The topological polar surface area (TPSA) is 4.93 Å². The molecule has 324 valence electrons. The smallest absolute Gasteiger partial charge is 0.0726 e. The lowest BCUT2D eigenvalue weighted by Crippen LogP contribution is -2.26. The largest absolute Gasteiger partial charge is 0.309 e. The Hall–Kier alpha value is -9.04. The van der Waals surface area contributed by atoms with Crippen LogP contribution in [-0.4, -0.2) is 4.57 Å². The highest BCUT2D eigenvalue weighted by atomic mass is 15.0. The van der Waals surface area contributed by atoms with Gasteiger partial charge in [-0.2, -0.15) is 0 Å². The lowest BCUT2D eigenvalue weighted by Gasteiger charge is -2.32. The molecule has 18 rings (SSSR count). The Bertz CT molecular complexity index is 4630. The molecule has 4 aliphatic carbocycles. The highest BCUT2D eigenvalue weighted by Crippen LogP contribution is 2.67. The number of para-hydroxylation sites is 2. The first-order valence-corrected chi connectivity index (χ1v) is 25.1. The number of benzene rings is 13. The van der Waals surface area contributed by atoms with Gasteiger partial charge in [0, 0.05) is 16.5 Å². The van der Waals surface area contributed by atoms with Crippen molar-refractivity contribution < 1.29 is 0 Å². The van der Waals surface area contributed by atoms with Crippen molar-refractivity contribution in [1.82, 2.24) is 4.57 Å². The summed E-state index contributed by atoms with van der Waals surface area (Å²) in [6, 6.07) is 90.9. The van der Waals surface area contributed by atoms with E-state index in [1.165, 1.54) is 160 Å². The number of aromatic nitrogens is 1. The summed E-state index contributed by atoms with van der Waals surface area (Å²) in [7, 11) is 0. The molecular weight excluding hydrogens is 855 g/mol. The van der Waals surface area contributed by atoms with Crippen LogP contribution in [0, 0.1) is 0 Å². The molecule has 14 aromatic rings. The van der Waals surface area contributed by atoms with Crippen molar-refractivity contribution in [2.75, 3.05) is 0 Å². The van der Waals surface area contributed by atoms with Gasteiger partial charge >= 0.3 is 0 Å². The summed E-state index contributed by atoms with van der Waals surface area (Å²) >= 11 is 0. The van der Waals surface area contributed by atoms with Crippen molar-refractivity contribution in [3.63, 3.8) is 0 Å². The highest BCUT2D eigenvalue weighted by molar-refractivity contribution is 6.36. The van der Waals surface area contributed by atoms with E-state index in [2.05, 4.69) is 241 Å². The predicted molar refractivity (Wildman–Crippen MR) is 295 cm³/mol. The van der Waals surface area contributed by atoms with Gasteiger partial charge in [0.25, 0.3) is 0 Å². The fraction of sp³-hybridized carbons (Fsp3) is 0.0286. The van der Waals surface area contributed by atoms with Crippen LogP contribution in [0.2, 0.25) is 0 Å². The lowest BCUT2D eigenvalue weighted by atomic mass is 9.69. The molecule has 0 amide bonds. The average molecular weight is 894 g/mol. The van der Waals surface area contributed by atoms with E-state index in [0.717, 1.165) is 0 Å². The molecular formula is C70H39N. The summed E-state index contributed by atoms with van der Waals surface area (Å²) in [5.74, 6) is 0. The summed E-state index contributed by atoms with van der Waals surface area (Å²) in [4.78, 5) is 0. The summed E-state index contributed by atoms with van der Waals surface area (Å²) in [6.07, 6.45) is 0. The van der Waals surface area contributed by atoms with Crippen LogP contribution in [0.4, 0.5) is 0 Å². The molecule has 4 aliphatic rings. The summed E-state index contributed by atoms with van der Waals surface area (Å²) < 4.78 is 2.49. The molecule has 1 aromatic heterocycles. The average Bonchev–Trinajstić information content (AvgIpc) is 4.26. The van der Waals surface area contributed by atoms with Crippen LogP contribution in [-0.2, 0) is 10.8 Å². The fourth-order valence-corrected chi connectivity index (χ4v) is 15.4.